The third-order valence-corrected chi connectivity index (χ3v) is 3.08. The van der Waals surface area contributed by atoms with E-state index in [9.17, 15) is 4.79 Å². The molecule has 0 spiro atoms. The van der Waals surface area contributed by atoms with E-state index in [0.29, 0.717) is 22.7 Å². The molecule has 1 aliphatic heterocycles. The SMILES string of the molecule is CN(C)c1ccc2c(c1)C(=O)Nc1ccccc1O2. The molecule has 1 N–H and O–H groups in total. The highest BCUT2D eigenvalue weighted by Crippen LogP contribution is 2.36. The Morgan fingerprint density at radius 1 is 1.05 bits per heavy atom. The Bertz CT molecular complexity index is 650. The van der Waals surface area contributed by atoms with Gasteiger partial charge >= 0.3 is 0 Å². The number of nitrogens with one attached hydrogen (secondary N) is 1. The molecule has 1 heterocycles. The number of nitrogens with zero attached hydrogens (tertiary/aromatic N) is 1. The topological polar surface area (TPSA) is 41.6 Å². The second-order valence-corrected chi connectivity index (χ2v) is 4.63. The first-order chi connectivity index (χ1) is 9.15. The number of hydrogen-bond donors (Lipinski definition) is 1. The zero-order valence-electron chi connectivity index (χ0n) is 10.8. The van der Waals surface area contributed by atoms with Gasteiger partial charge < -0.3 is 15.0 Å². The van der Waals surface area contributed by atoms with Gasteiger partial charge in [-0.05, 0) is 30.3 Å². The normalized spacial score (nSPS) is 12.6. The van der Waals surface area contributed by atoms with Crippen LogP contribution in [0.15, 0.2) is 42.5 Å². The van der Waals surface area contributed by atoms with Crippen LogP contribution in [0, 0.1) is 0 Å². The minimum absolute atomic E-state index is 0.149. The van der Waals surface area contributed by atoms with E-state index in [1.807, 2.05) is 61.5 Å². The highest BCUT2D eigenvalue weighted by molar-refractivity contribution is 6.08. The maximum atomic E-state index is 12.2. The van der Waals surface area contributed by atoms with Gasteiger partial charge in [-0.1, -0.05) is 12.1 Å². The first-order valence-electron chi connectivity index (χ1n) is 6.05. The molecule has 0 atom stereocenters. The molecule has 4 nitrogen and oxygen atoms in total. The maximum Gasteiger partial charge on any atom is 0.259 e. The van der Waals surface area contributed by atoms with E-state index in [0.717, 1.165) is 5.69 Å². The fourth-order valence-electron chi connectivity index (χ4n) is 2.03. The molecule has 2 aromatic rings. The van der Waals surface area contributed by atoms with Gasteiger partial charge in [0.05, 0.1) is 11.3 Å². The van der Waals surface area contributed by atoms with Gasteiger partial charge in [0.15, 0.2) is 5.75 Å². The van der Waals surface area contributed by atoms with Gasteiger partial charge in [0.25, 0.3) is 5.91 Å². The average Bonchev–Trinajstić information content (AvgIpc) is 2.54. The Morgan fingerprint density at radius 3 is 2.63 bits per heavy atom. The smallest absolute Gasteiger partial charge is 0.259 e. The van der Waals surface area contributed by atoms with E-state index in [1.165, 1.54) is 0 Å². The van der Waals surface area contributed by atoms with Gasteiger partial charge in [0.1, 0.15) is 5.75 Å². The van der Waals surface area contributed by atoms with Crippen molar-refractivity contribution < 1.29 is 9.53 Å². The molecular weight excluding hydrogens is 240 g/mol. The van der Waals surface area contributed by atoms with Crippen molar-refractivity contribution in [2.24, 2.45) is 0 Å². The van der Waals surface area contributed by atoms with Gasteiger partial charge in [0, 0.05) is 19.8 Å². The molecule has 2 aromatic carbocycles. The van der Waals surface area contributed by atoms with E-state index in [2.05, 4.69) is 5.32 Å². The highest BCUT2D eigenvalue weighted by Gasteiger charge is 2.20. The summed E-state index contributed by atoms with van der Waals surface area (Å²) in [6.45, 7) is 0. The molecule has 0 bridgehead atoms. The maximum absolute atomic E-state index is 12.2. The number of hydrogen-bond acceptors (Lipinski definition) is 3. The molecule has 0 unspecified atom stereocenters. The van der Waals surface area contributed by atoms with Crippen molar-refractivity contribution in [2.75, 3.05) is 24.3 Å². The van der Waals surface area contributed by atoms with Gasteiger partial charge in [-0.25, -0.2) is 0 Å². The van der Waals surface area contributed by atoms with Gasteiger partial charge in [-0.3, -0.25) is 4.79 Å². The van der Waals surface area contributed by atoms with E-state index in [1.54, 1.807) is 0 Å². The molecule has 96 valence electrons. The number of carbonyl (C=O) groups is 1. The molecule has 19 heavy (non-hydrogen) atoms. The molecule has 3 rings (SSSR count). The van der Waals surface area contributed by atoms with E-state index < -0.39 is 0 Å². The largest absolute Gasteiger partial charge is 0.454 e. The molecule has 0 fully saturated rings. The molecule has 0 saturated carbocycles. The number of ether oxygens (including phenoxy) is 1. The second-order valence-electron chi connectivity index (χ2n) is 4.63. The molecule has 0 saturated heterocycles. The fraction of sp³-hybridized carbons (Fsp3) is 0.133. The lowest BCUT2D eigenvalue weighted by Crippen LogP contribution is -2.13. The van der Waals surface area contributed by atoms with Crippen molar-refractivity contribution in [3.05, 3.63) is 48.0 Å². The summed E-state index contributed by atoms with van der Waals surface area (Å²) in [5.74, 6) is 1.09. The van der Waals surface area contributed by atoms with Crippen molar-refractivity contribution in [3.63, 3.8) is 0 Å². The Hall–Kier alpha value is -2.49. The number of benzene rings is 2. The van der Waals surface area contributed by atoms with Crippen LogP contribution in [-0.4, -0.2) is 20.0 Å². The summed E-state index contributed by atoms with van der Waals surface area (Å²) in [5.41, 5.74) is 2.20. The van der Waals surface area contributed by atoms with Crippen LogP contribution < -0.4 is 15.0 Å². The van der Waals surface area contributed by atoms with Crippen molar-refractivity contribution in [1.29, 1.82) is 0 Å². The molecule has 0 aromatic heterocycles. The molecule has 1 amide bonds. The highest BCUT2D eigenvalue weighted by atomic mass is 16.5. The predicted molar refractivity (Wildman–Crippen MR) is 75.2 cm³/mol. The zero-order chi connectivity index (χ0) is 13.4. The Kier molecular flexibility index (Phi) is 2.63. The van der Waals surface area contributed by atoms with Gasteiger partial charge in [0.2, 0.25) is 0 Å². The number of rotatable bonds is 1. The fourth-order valence-corrected chi connectivity index (χ4v) is 2.03. The van der Waals surface area contributed by atoms with Crippen molar-refractivity contribution >= 4 is 17.3 Å². The van der Waals surface area contributed by atoms with Crippen LogP contribution in [0.1, 0.15) is 10.4 Å². The van der Waals surface area contributed by atoms with E-state index in [-0.39, 0.29) is 5.91 Å². The number of para-hydroxylation sites is 2. The number of anilines is 2. The van der Waals surface area contributed by atoms with Crippen molar-refractivity contribution in [2.45, 2.75) is 0 Å². The summed E-state index contributed by atoms with van der Waals surface area (Å²) < 4.78 is 5.81. The Balaban J connectivity index is 2.11. The predicted octanol–water partition coefficient (Wildman–Crippen LogP) is 3.11. The summed E-state index contributed by atoms with van der Waals surface area (Å²) in [6, 6.07) is 13.0. The second kappa shape index (κ2) is 4.31. The van der Waals surface area contributed by atoms with Crippen molar-refractivity contribution in [3.8, 4) is 11.5 Å². The lowest BCUT2D eigenvalue weighted by molar-refractivity contribution is 0.102. The zero-order valence-corrected chi connectivity index (χ0v) is 10.8. The van der Waals surface area contributed by atoms with E-state index >= 15 is 0 Å². The minimum atomic E-state index is -0.149. The van der Waals surface area contributed by atoms with Crippen LogP contribution >= 0.6 is 0 Å². The molecular formula is C15H14N2O2. The van der Waals surface area contributed by atoms with Crippen LogP contribution in [0.5, 0.6) is 11.5 Å². The van der Waals surface area contributed by atoms with Crippen LogP contribution in [0.2, 0.25) is 0 Å². The first kappa shape index (κ1) is 11.6. The molecule has 0 radical (unpaired) electrons. The molecule has 1 aliphatic rings. The first-order valence-corrected chi connectivity index (χ1v) is 6.05. The van der Waals surface area contributed by atoms with Crippen LogP contribution in [0.4, 0.5) is 11.4 Å². The third kappa shape index (κ3) is 2.01. The van der Waals surface area contributed by atoms with Crippen LogP contribution in [-0.2, 0) is 0 Å². The number of carbonyl (C=O) groups excluding carboxylic acids is 1. The quantitative estimate of drug-likeness (QED) is 0.850. The summed E-state index contributed by atoms with van der Waals surface area (Å²) in [5, 5.41) is 2.86. The summed E-state index contributed by atoms with van der Waals surface area (Å²) >= 11 is 0. The molecule has 4 heteroatoms. The number of fused-ring (bicyclic) bond motifs is 2. The minimum Gasteiger partial charge on any atom is -0.454 e. The van der Waals surface area contributed by atoms with Crippen molar-refractivity contribution in [1.82, 2.24) is 0 Å². The summed E-state index contributed by atoms with van der Waals surface area (Å²) in [6.07, 6.45) is 0. The Morgan fingerprint density at radius 2 is 1.84 bits per heavy atom. The monoisotopic (exact) mass is 254 g/mol. The standard InChI is InChI=1S/C15H14N2O2/c1-17(2)10-7-8-13-11(9-10)15(18)16-12-5-3-4-6-14(12)19-13/h3-9H,1-2H3,(H,16,18). The third-order valence-electron chi connectivity index (χ3n) is 3.08. The lowest BCUT2D eigenvalue weighted by atomic mass is 10.1. The van der Waals surface area contributed by atoms with Crippen LogP contribution in [0.3, 0.4) is 0 Å². The van der Waals surface area contributed by atoms with Gasteiger partial charge in [-0.2, -0.15) is 0 Å². The van der Waals surface area contributed by atoms with Gasteiger partial charge in [-0.15, -0.1) is 0 Å². The summed E-state index contributed by atoms with van der Waals surface area (Å²) in [4.78, 5) is 14.2. The average molecular weight is 254 g/mol. The lowest BCUT2D eigenvalue weighted by Gasteiger charge is -2.14. The number of amides is 1. The summed E-state index contributed by atoms with van der Waals surface area (Å²) in [7, 11) is 3.87. The van der Waals surface area contributed by atoms with E-state index in [4.69, 9.17) is 4.74 Å². The Labute approximate surface area is 111 Å². The van der Waals surface area contributed by atoms with Crippen LogP contribution in [0.25, 0.3) is 0 Å². The molecule has 0 aliphatic carbocycles.